The largest absolute Gasteiger partial charge is 0.367 e. The lowest BCUT2D eigenvalue weighted by Gasteiger charge is -2.36. The molecule has 0 unspecified atom stereocenters. The van der Waals surface area contributed by atoms with Gasteiger partial charge in [0, 0.05) is 49.2 Å². The number of nitrogens with one attached hydrogen (secondary N) is 1. The second-order valence-electron chi connectivity index (χ2n) is 7.26. The molecule has 30 heavy (non-hydrogen) atoms. The highest BCUT2D eigenvalue weighted by molar-refractivity contribution is 8.00. The molecule has 0 aliphatic carbocycles. The van der Waals surface area contributed by atoms with Gasteiger partial charge >= 0.3 is 0 Å². The number of para-hydroxylation sites is 3. The Kier molecular flexibility index (Phi) is 6.67. The van der Waals surface area contributed by atoms with E-state index in [1.807, 2.05) is 54.6 Å². The monoisotopic (exact) mass is 418 g/mol. The maximum absolute atomic E-state index is 12.7. The molecular formula is C24H26N4OS. The number of hydrogen-bond acceptors (Lipinski definition) is 5. The van der Waals surface area contributed by atoms with Crippen LogP contribution < -0.4 is 10.2 Å². The zero-order valence-corrected chi connectivity index (χ0v) is 17.8. The van der Waals surface area contributed by atoms with Crippen LogP contribution in [-0.4, -0.2) is 54.3 Å². The van der Waals surface area contributed by atoms with Gasteiger partial charge in [-0.05, 0) is 24.3 Å². The van der Waals surface area contributed by atoms with E-state index in [-0.39, 0.29) is 5.91 Å². The number of anilines is 2. The Hall–Kier alpha value is -2.83. The Labute approximate surface area is 181 Å². The van der Waals surface area contributed by atoms with Crippen LogP contribution >= 0.6 is 11.8 Å². The summed E-state index contributed by atoms with van der Waals surface area (Å²) in [5, 5.41) is 4.20. The number of aromatic nitrogens is 1. The highest BCUT2D eigenvalue weighted by Gasteiger charge is 2.19. The lowest BCUT2D eigenvalue weighted by Crippen LogP contribution is -2.46. The molecular weight excluding hydrogens is 392 g/mol. The number of piperazine rings is 1. The van der Waals surface area contributed by atoms with Crippen molar-refractivity contribution >= 4 is 39.9 Å². The first-order valence-corrected chi connectivity index (χ1v) is 11.2. The molecule has 0 saturated carbocycles. The smallest absolute Gasteiger partial charge is 0.234 e. The van der Waals surface area contributed by atoms with E-state index in [2.05, 4.69) is 32.7 Å². The number of rotatable bonds is 7. The first-order valence-electron chi connectivity index (χ1n) is 10.2. The lowest BCUT2D eigenvalue weighted by atomic mass is 10.2. The number of fused-ring (bicyclic) bond motifs is 1. The van der Waals surface area contributed by atoms with Gasteiger partial charge in [-0.3, -0.25) is 14.7 Å². The Morgan fingerprint density at radius 1 is 1.07 bits per heavy atom. The standard InChI is InChI=1S/C24H26N4OS/c1-2-13-27-14-16-28(17-15-27)21-10-4-3-9-20(21)26-23(29)18-30-22-11-5-7-19-8-6-12-25-24(19)22/h2-12H,1,13-18H2,(H,26,29). The summed E-state index contributed by atoms with van der Waals surface area (Å²) in [6.07, 6.45) is 3.74. The molecule has 4 rings (SSSR count). The Bertz CT molecular complexity index is 1030. The number of carbonyl (C=O) groups excluding carboxylic acids is 1. The molecule has 2 heterocycles. The van der Waals surface area contributed by atoms with Crippen LogP contribution in [0, 0.1) is 0 Å². The Morgan fingerprint density at radius 3 is 2.70 bits per heavy atom. The van der Waals surface area contributed by atoms with Gasteiger partial charge in [-0.15, -0.1) is 18.3 Å². The van der Waals surface area contributed by atoms with Crippen molar-refractivity contribution in [3.05, 3.63) is 73.4 Å². The molecule has 1 amide bonds. The average Bonchev–Trinajstić information content (AvgIpc) is 2.79. The Balaban J connectivity index is 1.40. The summed E-state index contributed by atoms with van der Waals surface area (Å²) in [7, 11) is 0. The minimum absolute atomic E-state index is 0.00863. The molecule has 1 aliphatic heterocycles. The van der Waals surface area contributed by atoms with Gasteiger partial charge in [0.25, 0.3) is 0 Å². The number of carbonyl (C=O) groups is 1. The van der Waals surface area contributed by atoms with Crippen molar-refractivity contribution in [2.24, 2.45) is 0 Å². The molecule has 3 aromatic rings. The SMILES string of the molecule is C=CCN1CCN(c2ccccc2NC(=O)CSc2cccc3cccnc23)CC1. The second kappa shape index (κ2) is 9.78. The van der Waals surface area contributed by atoms with Gasteiger partial charge < -0.3 is 10.2 Å². The lowest BCUT2D eigenvalue weighted by molar-refractivity contribution is -0.113. The van der Waals surface area contributed by atoms with Crippen LogP contribution in [0.25, 0.3) is 10.9 Å². The van der Waals surface area contributed by atoms with Crippen LogP contribution in [0.4, 0.5) is 11.4 Å². The van der Waals surface area contributed by atoms with Gasteiger partial charge in [-0.2, -0.15) is 0 Å². The number of benzene rings is 2. The van der Waals surface area contributed by atoms with E-state index >= 15 is 0 Å². The van der Waals surface area contributed by atoms with Crippen LogP contribution in [0.5, 0.6) is 0 Å². The zero-order chi connectivity index (χ0) is 20.8. The molecule has 0 spiro atoms. The van der Waals surface area contributed by atoms with Crippen molar-refractivity contribution < 1.29 is 4.79 Å². The molecule has 2 aromatic carbocycles. The minimum Gasteiger partial charge on any atom is -0.367 e. The van der Waals surface area contributed by atoms with Crippen molar-refractivity contribution in [3.8, 4) is 0 Å². The van der Waals surface area contributed by atoms with E-state index in [0.717, 1.165) is 59.9 Å². The van der Waals surface area contributed by atoms with E-state index in [1.54, 1.807) is 6.20 Å². The highest BCUT2D eigenvalue weighted by Crippen LogP contribution is 2.29. The van der Waals surface area contributed by atoms with Crippen molar-refractivity contribution in [1.29, 1.82) is 0 Å². The number of nitrogens with zero attached hydrogens (tertiary/aromatic N) is 3. The molecule has 1 fully saturated rings. The topological polar surface area (TPSA) is 48.5 Å². The van der Waals surface area contributed by atoms with Gasteiger partial charge in [0.1, 0.15) is 0 Å². The molecule has 1 aliphatic rings. The summed E-state index contributed by atoms with van der Waals surface area (Å²) < 4.78 is 0. The van der Waals surface area contributed by atoms with Crippen molar-refractivity contribution in [3.63, 3.8) is 0 Å². The molecule has 154 valence electrons. The van der Waals surface area contributed by atoms with Crippen LogP contribution in [0.1, 0.15) is 0 Å². The summed E-state index contributed by atoms with van der Waals surface area (Å²) in [6, 6.07) is 18.1. The van der Waals surface area contributed by atoms with Gasteiger partial charge in [0.05, 0.1) is 22.6 Å². The molecule has 0 radical (unpaired) electrons. The van der Waals surface area contributed by atoms with E-state index in [4.69, 9.17) is 0 Å². The quantitative estimate of drug-likeness (QED) is 0.459. The predicted molar refractivity (Wildman–Crippen MR) is 126 cm³/mol. The van der Waals surface area contributed by atoms with Crippen LogP contribution in [-0.2, 0) is 4.79 Å². The van der Waals surface area contributed by atoms with Gasteiger partial charge in [-0.25, -0.2) is 0 Å². The molecule has 1 saturated heterocycles. The van der Waals surface area contributed by atoms with Crippen molar-refractivity contribution in [2.75, 3.05) is 48.7 Å². The first-order chi connectivity index (χ1) is 14.7. The first kappa shape index (κ1) is 20.4. The molecule has 5 nitrogen and oxygen atoms in total. The molecule has 6 heteroatoms. The molecule has 0 bridgehead atoms. The Morgan fingerprint density at radius 2 is 1.87 bits per heavy atom. The van der Waals surface area contributed by atoms with E-state index in [9.17, 15) is 4.79 Å². The maximum atomic E-state index is 12.7. The van der Waals surface area contributed by atoms with Gasteiger partial charge in [0.2, 0.25) is 5.91 Å². The molecule has 1 aromatic heterocycles. The second-order valence-corrected chi connectivity index (χ2v) is 8.28. The van der Waals surface area contributed by atoms with E-state index < -0.39 is 0 Å². The fraction of sp³-hybridized carbons (Fsp3) is 0.250. The molecule has 1 N–H and O–H groups in total. The third-order valence-corrected chi connectivity index (χ3v) is 6.28. The summed E-state index contributed by atoms with van der Waals surface area (Å²) in [6.45, 7) is 8.63. The normalized spacial score (nSPS) is 14.6. The van der Waals surface area contributed by atoms with E-state index in [0.29, 0.717) is 5.75 Å². The van der Waals surface area contributed by atoms with E-state index in [1.165, 1.54) is 11.8 Å². The zero-order valence-electron chi connectivity index (χ0n) is 17.0. The van der Waals surface area contributed by atoms with Crippen LogP contribution in [0.2, 0.25) is 0 Å². The van der Waals surface area contributed by atoms with Crippen LogP contribution in [0.15, 0.2) is 78.3 Å². The third kappa shape index (κ3) is 4.83. The minimum atomic E-state index is -0.00863. The summed E-state index contributed by atoms with van der Waals surface area (Å²) in [4.78, 5) is 22.9. The van der Waals surface area contributed by atoms with Gasteiger partial charge in [0.15, 0.2) is 0 Å². The summed E-state index contributed by atoms with van der Waals surface area (Å²) in [5.41, 5.74) is 2.90. The average molecular weight is 419 g/mol. The third-order valence-electron chi connectivity index (χ3n) is 5.23. The molecule has 0 atom stereocenters. The fourth-order valence-electron chi connectivity index (χ4n) is 3.73. The maximum Gasteiger partial charge on any atom is 0.234 e. The van der Waals surface area contributed by atoms with Crippen LogP contribution in [0.3, 0.4) is 0 Å². The van der Waals surface area contributed by atoms with Crippen molar-refractivity contribution in [1.82, 2.24) is 9.88 Å². The number of thioether (sulfide) groups is 1. The summed E-state index contributed by atoms with van der Waals surface area (Å²) in [5.74, 6) is 0.336. The fourth-order valence-corrected chi connectivity index (χ4v) is 4.57. The highest BCUT2D eigenvalue weighted by atomic mass is 32.2. The number of amides is 1. The number of pyridine rings is 1. The van der Waals surface area contributed by atoms with Crippen molar-refractivity contribution in [2.45, 2.75) is 4.90 Å². The predicted octanol–water partition coefficient (Wildman–Crippen LogP) is 4.27. The summed E-state index contributed by atoms with van der Waals surface area (Å²) >= 11 is 1.52. The van der Waals surface area contributed by atoms with Gasteiger partial charge in [-0.1, -0.05) is 36.4 Å². The number of hydrogen-bond donors (Lipinski definition) is 1.